The number of carboxylic acid groups (broad SMARTS) is 1. The second kappa shape index (κ2) is 7.88. The van der Waals surface area contributed by atoms with E-state index in [9.17, 15) is 9.90 Å². The minimum Gasteiger partial charge on any atom is -0.497 e. The van der Waals surface area contributed by atoms with Gasteiger partial charge in [-0.25, -0.2) is 0 Å². The Morgan fingerprint density at radius 1 is 1.38 bits per heavy atom. The van der Waals surface area contributed by atoms with Crippen LogP contribution in [0.25, 0.3) is 0 Å². The van der Waals surface area contributed by atoms with Crippen LogP contribution in [0.15, 0.2) is 24.3 Å². The van der Waals surface area contributed by atoms with Crippen LogP contribution in [0.3, 0.4) is 0 Å². The number of nitrogens with one attached hydrogen (secondary N) is 1. The Hall–Kier alpha value is -1.75. The SMILES string of the molecule is COc1cccc(OCCCC(C)(NC(C)C)C(=O)O)c1. The van der Waals surface area contributed by atoms with Crippen molar-refractivity contribution in [3.63, 3.8) is 0 Å². The molecule has 1 aromatic carbocycles. The molecule has 0 heterocycles. The molecule has 0 aliphatic carbocycles. The van der Waals surface area contributed by atoms with Crippen molar-refractivity contribution in [3.05, 3.63) is 24.3 Å². The largest absolute Gasteiger partial charge is 0.497 e. The molecular weight excluding hydrogens is 270 g/mol. The molecule has 1 atom stereocenters. The van der Waals surface area contributed by atoms with E-state index in [1.54, 1.807) is 14.0 Å². The fourth-order valence-electron chi connectivity index (χ4n) is 2.18. The number of rotatable bonds is 9. The lowest BCUT2D eigenvalue weighted by molar-refractivity contribution is -0.144. The fraction of sp³-hybridized carbons (Fsp3) is 0.562. The highest BCUT2D eigenvalue weighted by Crippen LogP contribution is 2.20. The summed E-state index contributed by atoms with van der Waals surface area (Å²) in [6, 6.07) is 7.48. The zero-order valence-corrected chi connectivity index (χ0v) is 13.2. The maximum absolute atomic E-state index is 11.4. The quantitative estimate of drug-likeness (QED) is 0.686. The molecule has 0 amide bonds. The van der Waals surface area contributed by atoms with E-state index in [-0.39, 0.29) is 6.04 Å². The van der Waals surface area contributed by atoms with Gasteiger partial charge in [-0.05, 0) is 45.7 Å². The summed E-state index contributed by atoms with van der Waals surface area (Å²) in [4.78, 5) is 11.4. The van der Waals surface area contributed by atoms with Gasteiger partial charge < -0.3 is 14.6 Å². The van der Waals surface area contributed by atoms with Crippen molar-refractivity contribution >= 4 is 5.97 Å². The monoisotopic (exact) mass is 295 g/mol. The van der Waals surface area contributed by atoms with Crippen LogP contribution >= 0.6 is 0 Å². The van der Waals surface area contributed by atoms with Crippen LogP contribution in [-0.2, 0) is 4.79 Å². The number of benzene rings is 1. The Labute approximate surface area is 126 Å². The van der Waals surface area contributed by atoms with Gasteiger partial charge in [0.05, 0.1) is 13.7 Å². The zero-order valence-electron chi connectivity index (χ0n) is 13.2. The van der Waals surface area contributed by atoms with Gasteiger partial charge in [-0.3, -0.25) is 10.1 Å². The van der Waals surface area contributed by atoms with Gasteiger partial charge in [0.25, 0.3) is 0 Å². The topological polar surface area (TPSA) is 67.8 Å². The number of hydrogen-bond acceptors (Lipinski definition) is 4. The van der Waals surface area contributed by atoms with Gasteiger partial charge in [0.15, 0.2) is 0 Å². The predicted molar refractivity (Wildman–Crippen MR) is 82.0 cm³/mol. The Bertz CT molecular complexity index is 461. The van der Waals surface area contributed by atoms with Crippen molar-refractivity contribution in [1.82, 2.24) is 5.32 Å². The average molecular weight is 295 g/mol. The van der Waals surface area contributed by atoms with E-state index in [0.29, 0.717) is 19.4 Å². The van der Waals surface area contributed by atoms with Gasteiger partial charge in [-0.15, -0.1) is 0 Å². The number of ether oxygens (including phenoxy) is 2. The molecular formula is C16H25NO4. The predicted octanol–water partition coefficient (Wildman–Crippen LogP) is 2.70. The highest BCUT2D eigenvalue weighted by molar-refractivity contribution is 5.78. The maximum Gasteiger partial charge on any atom is 0.323 e. The smallest absolute Gasteiger partial charge is 0.323 e. The van der Waals surface area contributed by atoms with Crippen molar-refractivity contribution < 1.29 is 19.4 Å². The highest BCUT2D eigenvalue weighted by atomic mass is 16.5. The maximum atomic E-state index is 11.4. The third kappa shape index (κ3) is 5.63. The molecule has 0 aliphatic heterocycles. The van der Waals surface area contributed by atoms with E-state index >= 15 is 0 Å². The summed E-state index contributed by atoms with van der Waals surface area (Å²) in [5.74, 6) is 0.630. The molecule has 0 radical (unpaired) electrons. The Kier molecular flexibility index (Phi) is 6.49. The molecule has 0 fully saturated rings. The molecule has 5 nitrogen and oxygen atoms in total. The summed E-state index contributed by atoms with van der Waals surface area (Å²) < 4.78 is 10.8. The molecule has 0 aromatic heterocycles. The average Bonchev–Trinajstić information content (AvgIpc) is 2.43. The Balaban J connectivity index is 2.45. The molecule has 0 bridgehead atoms. The number of carboxylic acids is 1. The first-order valence-electron chi connectivity index (χ1n) is 7.15. The van der Waals surface area contributed by atoms with E-state index < -0.39 is 11.5 Å². The third-order valence-electron chi connectivity index (χ3n) is 3.21. The lowest BCUT2D eigenvalue weighted by atomic mass is 9.95. The van der Waals surface area contributed by atoms with Gasteiger partial charge in [0.1, 0.15) is 17.0 Å². The van der Waals surface area contributed by atoms with Gasteiger partial charge >= 0.3 is 5.97 Å². The summed E-state index contributed by atoms with van der Waals surface area (Å²) in [5, 5.41) is 12.4. The van der Waals surface area contributed by atoms with E-state index in [4.69, 9.17) is 9.47 Å². The molecule has 5 heteroatoms. The lowest BCUT2D eigenvalue weighted by Gasteiger charge is -2.28. The van der Waals surface area contributed by atoms with Crippen molar-refractivity contribution in [2.24, 2.45) is 0 Å². The summed E-state index contributed by atoms with van der Waals surface area (Å²) in [5.41, 5.74) is -0.925. The Morgan fingerprint density at radius 2 is 2.05 bits per heavy atom. The molecule has 21 heavy (non-hydrogen) atoms. The molecule has 0 saturated carbocycles. The van der Waals surface area contributed by atoms with E-state index in [0.717, 1.165) is 11.5 Å². The van der Waals surface area contributed by atoms with Gasteiger partial charge in [-0.1, -0.05) is 6.07 Å². The van der Waals surface area contributed by atoms with Gasteiger partial charge in [0.2, 0.25) is 0 Å². The first-order valence-corrected chi connectivity index (χ1v) is 7.15. The van der Waals surface area contributed by atoms with E-state index in [2.05, 4.69) is 5.32 Å². The van der Waals surface area contributed by atoms with Crippen LogP contribution in [0.5, 0.6) is 11.5 Å². The number of methoxy groups -OCH3 is 1. The molecule has 2 N–H and O–H groups in total. The van der Waals surface area contributed by atoms with Crippen LogP contribution in [0.2, 0.25) is 0 Å². The molecule has 0 spiro atoms. The van der Waals surface area contributed by atoms with Crippen molar-refractivity contribution in [1.29, 1.82) is 0 Å². The number of hydrogen-bond donors (Lipinski definition) is 2. The molecule has 1 rings (SSSR count). The summed E-state index contributed by atoms with van der Waals surface area (Å²) in [6.45, 7) is 6.05. The van der Waals surface area contributed by atoms with Crippen molar-refractivity contribution in [2.45, 2.75) is 45.2 Å². The second-order valence-electron chi connectivity index (χ2n) is 5.57. The fourth-order valence-corrected chi connectivity index (χ4v) is 2.18. The summed E-state index contributed by atoms with van der Waals surface area (Å²) in [7, 11) is 1.61. The molecule has 0 saturated heterocycles. The standard InChI is InChI=1S/C16H25NO4/c1-12(2)17-16(3,15(18)19)9-6-10-21-14-8-5-7-13(11-14)20-4/h5,7-8,11-12,17H,6,9-10H2,1-4H3,(H,18,19). The van der Waals surface area contributed by atoms with Crippen molar-refractivity contribution in [3.8, 4) is 11.5 Å². The molecule has 0 aliphatic rings. The van der Waals surface area contributed by atoms with E-state index in [1.807, 2.05) is 38.1 Å². The first kappa shape index (κ1) is 17.3. The van der Waals surface area contributed by atoms with Crippen LogP contribution in [-0.4, -0.2) is 36.4 Å². The van der Waals surface area contributed by atoms with Crippen molar-refractivity contribution in [2.75, 3.05) is 13.7 Å². The molecule has 1 unspecified atom stereocenters. The van der Waals surface area contributed by atoms with Gasteiger partial charge in [-0.2, -0.15) is 0 Å². The Morgan fingerprint density at radius 3 is 2.62 bits per heavy atom. The number of aliphatic carboxylic acids is 1. The minimum atomic E-state index is -0.925. The zero-order chi connectivity index (χ0) is 15.9. The van der Waals surface area contributed by atoms with Crippen LogP contribution in [0, 0.1) is 0 Å². The minimum absolute atomic E-state index is 0.116. The first-order chi connectivity index (χ1) is 9.87. The number of carbonyl (C=O) groups is 1. The summed E-state index contributed by atoms with van der Waals surface area (Å²) >= 11 is 0. The second-order valence-corrected chi connectivity index (χ2v) is 5.57. The lowest BCUT2D eigenvalue weighted by Crippen LogP contribution is -2.52. The normalized spacial score (nSPS) is 13.8. The molecule has 118 valence electrons. The molecule has 1 aromatic rings. The van der Waals surface area contributed by atoms with Crippen LogP contribution in [0.1, 0.15) is 33.6 Å². The van der Waals surface area contributed by atoms with Crippen LogP contribution < -0.4 is 14.8 Å². The van der Waals surface area contributed by atoms with Crippen LogP contribution in [0.4, 0.5) is 0 Å². The van der Waals surface area contributed by atoms with Gasteiger partial charge in [0, 0.05) is 12.1 Å². The van der Waals surface area contributed by atoms with E-state index in [1.165, 1.54) is 0 Å². The third-order valence-corrected chi connectivity index (χ3v) is 3.21. The summed E-state index contributed by atoms with van der Waals surface area (Å²) in [6.07, 6.45) is 1.16. The highest BCUT2D eigenvalue weighted by Gasteiger charge is 2.32.